The molecule has 202 valence electrons. The number of carbonyl (C=O) groups is 4. The van der Waals surface area contributed by atoms with Gasteiger partial charge in [0.05, 0.1) is 38.5 Å². The van der Waals surface area contributed by atoms with Crippen LogP contribution < -0.4 is 23.8 Å². The van der Waals surface area contributed by atoms with Gasteiger partial charge in [-0.3, -0.25) is 14.4 Å². The first kappa shape index (κ1) is 27.2. The van der Waals surface area contributed by atoms with Crippen LogP contribution in [0, 0.1) is 5.92 Å². The molecule has 1 saturated heterocycles. The van der Waals surface area contributed by atoms with E-state index in [-0.39, 0.29) is 30.2 Å². The van der Waals surface area contributed by atoms with Crippen LogP contribution in [0.1, 0.15) is 27.1 Å². The normalized spacial score (nSPS) is 14.5. The van der Waals surface area contributed by atoms with Crippen molar-refractivity contribution in [2.24, 2.45) is 5.92 Å². The van der Waals surface area contributed by atoms with Crippen LogP contribution in [-0.4, -0.2) is 58.1 Å². The molecular formula is C29H27NO9. The van der Waals surface area contributed by atoms with Gasteiger partial charge in [-0.05, 0) is 54.6 Å². The minimum atomic E-state index is -0.736. The topological polar surface area (TPSA) is 118 Å². The number of carbonyl (C=O) groups excluding carboxylic acids is 4. The van der Waals surface area contributed by atoms with Crippen molar-refractivity contribution >= 4 is 29.3 Å². The second-order valence-corrected chi connectivity index (χ2v) is 8.62. The summed E-state index contributed by atoms with van der Waals surface area (Å²) in [6.45, 7) is -0.405. The maximum Gasteiger partial charge on any atom is 0.343 e. The van der Waals surface area contributed by atoms with Crippen LogP contribution >= 0.6 is 0 Å². The number of ketones is 1. The van der Waals surface area contributed by atoms with Gasteiger partial charge in [0, 0.05) is 24.6 Å². The maximum atomic E-state index is 12.7. The molecule has 1 fully saturated rings. The minimum absolute atomic E-state index is 0.0548. The number of ether oxygens (including phenoxy) is 5. The minimum Gasteiger partial charge on any atom is -0.497 e. The van der Waals surface area contributed by atoms with Crippen molar-refractivity contribution in [3.8, 4) is 23.0 Å². The summed E-state index contributed by atoms with van der Waals surface area (Å²) in [5, 5.41) is 0. The Kier molecular flexibility index (Phi) is 8.45. The summed E-state index contributed by atoms with van der Waals surface area (Å²) in [5.74, 6) is -0.900. The lowest BCUT2D eigenvalue weighted by molar-refractivity contribution is -0.147. The van der Waals surface area contributed by atoms with Crippen molar-refractivity contribution in [2.75, 3.05) is 39.4 Å². The highest BCUT2D eigenvalue weighted by Crippen LogP contribution is 2.36. The highest BCUT2D eigenvalue weighted by Gasteiger charge is 2.37. The van der Waals surface area contributed by atoms with Crippen LogP contribution in [0.4, 0.5) is 5.69 Å². The quantitative estimate of drug-likeness (QED) is 0.218. The van der Waals surface area contributed by atoms with Crippen molar-refractivity contribution in [1.82, 2.24) is 0 Å². The lowest BCUT2D eigenvalue weighted by Crippen LogP contribution is -2.27. The molecule has 0 N–H and O–H groups in total. The average Bonchev–Trinajstić information content (AvgIpc) is 3.37. The number of hydrogen-bond donors (Lipinski definition) is 0. The molecule has 1 amide bonds. The van der Waals surface area contributed by atoms with Crippen LogP contribution in [0.3, 0.4) is 0 Å². The molecule has 1 heterocycles. The maximum absolute atomic E-state index is 12.7. The molecule has 3 aromatic carbocycles. The molecule has 0 aliphatic carbocycles. The highest BCUT2D eigenvalue weighted by atomic mass is 16.5. The molecular weight excluding hydrogens is 506 g/mol. The summed E-state index contributed by atoms with van der Waals surface area (Å²) in [5.41, 5.74) is 1.07. The summed E-state index contributed by atoms with van der Waals surface area (Å²) in [6.07, 6.45) is -0.0548. The molecule has 3 aromatic rings. The Hall–Kier alpha value is -4.86. The lowest BCUT2D eigenvalue weighted by Gasteiger charge is -2.20. The molecule has 10 heteroatoms. The zero-order valence-corrected chi connectivity index (χ0v) is 21.7. The van der Waals surface area contributed by atoms with Gasteiger partial charge < -0.3 is 28.6 Å². The van der Waals surface area contributed by atoms with E-state index in [1.807, 2.05) is 0 Å². The van der Waals surface area contributed by atoms with Gasteiger partial charge in [-0.1, -0.05) is 6.07 Å². The largest absolute Gasteiger partial charge is 0.497 e. The molecule has 4 rings (SSSR count). The van der Waals surface area contributed by atoms with E-state index in [2.05, 4.69) is 0 Å². The monoisotopic (exact) mass is 533 g/mol. The molecule has 0 aromatic heterocycles. The number of rotatable bonds is 10. The lowest BCUT2D eigenvalue weighted by atomic mass is 10.1. The third-order valence-corrected chi connectivity index (χ3v) is 6.17. The molecule has 0 spiro atoms. The molecule has 39 heavy (non-hydrogen) atoms. The second kappa shape index (κ2) is 12.1. The number of benzene rings is 3. The zero-order valence-electron chi connectivity index (χ0n) is 21.7. The standard InChI is InChI=1S/C29H27NO9/c1-35-22-6-4-5-19(13-22)29(34)39-21-9-7-18(8-10-21)25(31)17-38-28(33)20-14-27(32)30(16-20)24-15-23(36-2)11-12-26(24)37-3/h4-13,15,20H,14,16-17H2,1-3H3/t20-/m0/s1. The Morgan fingerprint density at radius 1 is 0.821 bits per heavy atom. The van der Waals surface area contributed by atoms with E-state index in [1.54, 1.807) is 42.5 Å². The molecule has 1 aliphatic rings. The van der Waals surface area contributed by atoms with Gasteiger partial charge in [0.15, 0.2) is 12.4 Å². The molecule has 0 saturated carbocycles. The molecule has 0 radical (unpaired) electrons. The predicted molar refractivity (Wildman–Crippen MR) is 140 cm³/mol. The van der Waals surface area contributed by atoms with E-state index in [1.165, 1.54) is 50.5 Å². The van der Waals surface area contributed by atoms with Gasteiger partial charge in [-0.2, -0.15) is 0 Å². The first-order valence-corrected chi connectivity index (χ1v) is 12.0. The molecule has 1 aliphatic heterocycles. The van der Waals surface area contributed by atoms with E-state index < -0.39 is 30.2 Å². The van der Waals surface area contributed by atoms with Gasteiger partial charge in [-0.15, -0.1) is 0 Å². The highest BCUT2D eigenvalue weighted by molar-refractivity contribution is 6.02. The summed E-state index contributed by atoms with van der Waals surface area (Å²) in [6, 6.07) is 17.5. The van der Waals surface area contributed by atoms with Crippen LogP contribution in [-0.2, 0) is 14.3 Å². The Balaban J connectivity index is 1.32. The number of esters is 2. The molecule has 0 unspecified atom stereocenters. The van der Waals surface area contributed by atoms with Crippen molar-refractivity contribution in [3.05, 3.63) is 77.9 Å². The number of hydrogen-bond acceptors (Lipinski definition) is 9. The SMILES string of the molecule is COc1cccc(C(=O)Oc2ccc(C(=O)COC(=O)[C@H]3CC(=O)N(c4cc(OC)ccc4OC)C3)cc2)c1. The van der Waals surface area contributed by atoms with E-state index >= 15 is 0 Å². The number of anilines is 1. The van der Waals surface area contributed by atoms with Crippen molar-refractivity contribution in [1.29, 1.82) is 0 Å². The van der Waals surface area contributed by atoms with E-state index in [4.69, 9.17) is 23.7 Å². The first-order valence-electron chi connectivity index (χ1n) is 12.0. The first-order chi connectivity index (χ1) is 18.8. The van der Waals surface area contributed by atoms with E-state index in [0.717, 1.165) is 0 Å². The third-order valence-electron chi connectivity index (χ3n) is 6.17. The van der Waals surface area contributed by atoms with Gasteiger partial charge in [0.25, 0.3) is 0 Å². The van der Waals surface area contributed by atoms with Gasteiger partial charge in [-0.25, -0.2) is 4.79 Å². The smallest absolute Gasteiger partial charge is 0.343 e. The second-order valence-electron chi connectivity index (χ2n) is 8.62. The fourth-order valence-corrected chi connectivity index (χ4v) is 4.07. The molecule has 10 nitrogen and oxygen atoms in total. The Labute approximate surface area is 225 Å². The summed E-state index contributed by atoms with van der Waals surface area (Å²) in [7, 11) is 4.50. The van der Waals surface area contributed by atoms with Crippen LogP contribution in [0.15, 0.2) is 66.7 Å². The number of Topliss-reactive ketones (excluding diaryl/α,β-unsaturated/α-hetero) is 1. The third kappa shape index (κ3) is 6.35. The van der Waals surface area contributed by atoms with Crippen LogP contribution in [0.5, 0.6) is 23.0 Å². The van der Waals surface area contributed by atoms with Crippen molar-refractivity contribution < 1.29 is 42.9 Å². The number of methoxy groups -OCH3 is 3. The average molecular weight is 534 g/mol. The van der Waals surface area contributed by atoms with Crippen LogP contribution in [0.2, 0.25) is 0 Å². The van der Waals surface area contributed by atoms with Gasteiger partial charge in [0.2, 0.25) is 5.91 Å². The number of amides is 1. The molecule has 0 bridgehead atoms. The van der Waals surface area contributed by atoms with E-state index in [0.29, 0.717) is 28.5 Å². The van der Waals surface area contributed by atoms with Gasteiger partial charge >= 0.3 is 11.9 Å². The molecule has 1 atom stereocenters. The Bertz CT molecular complexity index is 1380. The summed E-state index contributed by atoms with van der Waals surface area (Å²) in [4.78, 5) is 51.7. The fourth-order valence-electron chi connectivity index (χ4n) is 4.07. The van der Waals surface area contributed by atoms with Crippen molar-refractivity contribution in [3.63, 3.8) is 0 Å². The Morgan fingerprint density at radius 2 is 1.51 bits per heavy atom. The van der Waals surface area contributed by atoms with Crippen LogP contribution in [0.25, 0.3) is 0 Å². The summed E-state index contributed by atoms with van der Waals surface area (Å²) >= 11 is 0. The fraction of sp³-hybridized carbons (Fsp3) is 0.241. The van der Waals surface area contributed by atoms with Gasteiger partial charge in [0.1, 0.15) is 23.0 Å². The predicted octanol–water partition coefficient (Wildman–Crippen LogP) is 3.71. The zero-order chi connectivity index (χ0) is 27.9. The number of nitrogens with zero attached hydrogens (tertiary/aromatic N) is 1. The van der Waals surface area contributed by atoms with Crippen molar-refractivity contribution in [2.45, 2.75) is 6.42 Å². The Morgan fingerprint density at radius 3 is 2.21 bits per heavy atom. The summed E-state index contributed by atoms with van der Waals surface area (Å²) < 4.78 is 26.3. The van der Waals surface area contributed by atoms with E-state index in [9.17, 15) is 19.2 Å².